The fraction of sp³-hybridized carbons (Fsp3) is 0.433. The highest BCUT2D eigenvalue weighted by Gasteiger charge is 2.28. The summed E-state index contributed by atoms with van der Waals surface area (Å²) in [6.07, 6.45) is 5.05. The lowest BCUT2D eigenvalue weighted by atomic mass is 10.0. The molecule has 0 atom stereocenters. The van der Waals surface area contributed by atoms with Crippen LogP contribution in [0.4, 0.5) is 5.69 Å². The number of carbonyl (C=O) groups is 1. The van der Waals surface area contributed by atoms with Gasteiger partial charge in [0.25, 0.3) is 0 Å². The number of nitrogen functional groups attached to an aromatic ring is 1. The molecule has 0 spiro atoms. The lowest BCUT2D eigenvalue weighted by Crippen LogP contribution is -2.40. The number of benzene rings is 2. The normalized spacial score (nSPS) is 13.7. The van der Waals surface area contributed by atoms with E-state index in [1.807, 2.05) is 30.9 Å². The molecule has 238 valence electrons. The second-order valence-corrected chi connectivity index (χ2v) is 12.2. The highest BCUT2D eigenvalue weighted by Crippen LogP contribution is 2.34. The summed E-state index contributed by atoms with van der Waals surface area (Å²) in [5.74, 6) is -0.347. The van der Waals surface area contributed by atoms with Crippen molar-refractivity contribution in [3.8, 4) is 5.75 Å². The van der Waals surface area contributed by atoms with Crippen molar-refractivity contribution >= 4 is 64.2 Å². The van der Waals surface area contributed by atoms with Gasteiger partial charge in [-0.15, -0.1) is 24.8 Å². The Morgan fingerprint density at radius 3 is 2.40 bits per heavy atom. The van der Waals surface area contributed by atoms with E-state index in [1.165, 1.54) is 4.31 Å². The third kappa shape index (κ3) is 10.7. The molecule has 0 amide bonds. The number of nitrogens with two attached hydrogens (primary N) is 1. The van der Waals surface area contributed by atoms with Gasteiger partial charge in [0.1, 0.15) is 17.7 Å². The van der Waals surface area contributed by atoms with Gasteiger partial charge in [-0.2, -0.15) is 0 Å². The molecule has 0 aliphatic carbocycles. The Morgan fingerprint density at radius 1 is 1.14 bits per heavy atom. The predicted molar refractivity (Wildman–Crippen MR) is 178 cm³/mol. The first-order valence-electron chi connectivity index (χ1n) is 13.8. The second-order valence-electron chi connectivity index (χ2n) is 10.3. The smallest absolute Gasteiger partial charge is 0.323 e. The standard InChI is InChI=1S/C30H41N5O5S.2ClH/c1-5-39-29(36)20-41(37,38)35(15-7-9-23-8-6-10-24(18-23)30(32)33)25-11-12-28(27(19-25)21(2)3)40-26-13-16-34(17-14-26)22(4)31;;/h6-12,18-19,21,26,31H,5,13-17,20H2,1-4H3,(H3,32,33);2*1H/b9-7+,31-22?;;. The average Bonchev–Trinajstić information content (AvgIpc) is 2.91. The molecular formula is C30H43Cl2N5O5S. The van der Waals surface area contributed by atoms with Crippen molar-refractivity contribution in [2.75, 3.05) is 36.3 Å². The molecule has 13 heteroatoms. The third-order valence-electron chi connectivity index (χ3n) is 6.83. The lowest BCUT2D eigenvalue weighted by Gasteiger charge is -2.33. The summed E-state index contributed by atoms with van der Waals surface area (Å²) >= 11 is 0. The number of amidine groups is 2. The van der Waals surface area contributed by atoms with Crippen LogP contribution in [-0.2, 0) is 19.6 Å². The molecule has 10 nitrogen and oxygen atoms in total. The van der Waals surface area contributed by atoms with E-state index in [0.717, 1.165) is 37.1 Å². The number of piperidine rings is 1. The molecule has 0 aromatic heterocycles. The van der Waals surface area contributed by atoms with Crippen LogP contribution in [0.1, 0.15) is 63.1 Å². The molecule has 2 aromatic carbocycles. The van der Waals surface area contributed by atoms with E-state index in [2.05, 4.69) is 0 Å². The molecule has 1 aliphatic heterocycles. The molecular weight excluding hydrogens is 613 g/mol. The summed E-state index contributed by atoms with van der Waals surface area (Å²) in [4.78, 5) is 14.2. The van der Waals surface area contributed by atoms with E-state index in [-0.39, 0.29) is 55.8 Å². The Bertz CT molecular complexity index is 1390. The fourth-order valence-corrected chi connectivity index (χ4v) is 5.93. The quantitative estimate of drug-likeness (QED) is 0.162. The molecule has 4 N–H and O–H groups in total. The summed E-state index contributed by atoms with van der Waals surface area (Å²) in [5.41, 5.74) is 8.21. The number of likely N-dealkylation sites (tertiary alicyclic amines) is 1. The van der Waals surface area contributed by atoms with Crippen LogP contribution in [0.3, 0.4) is 0 Å². The van der Waals surface area contributed by atoms with E-state index < -0.39 is 21.7 Å². The van der Waals surface area contributed by atoms with Crippen LogP contribution in [0.15, 0.2) is 48.5 Å². The van der Waals surface area contributed by atoms with Gasteiger partial charge < -0.3 is 20.1 Å². The van der Waals surface area contributed by atoms with E-state index in [1.54, 1.807) is 56.3 Å². The maximum absolute atomic E-state index is 13.5. The van der Waals surface area contributed by atoms with Gasteiger partial charge in [0.05, 0.1) is 24.7 Å². The summed E-state index contributed by atoms with van der Waals surface area (Å²) in [7, 11) is -4.08. The summed E-state index contributed by atoms with van der Waals surface area (Å²) < 4.78 is 39.4. The second kappa shape index (κ2) is 17.1. The Balaban J connectivity index is 0.00000462. The number of nitrogens with one attached hydrogen (secondary N) is 2. The van der Waals surface area contributed by atoms with Crippen LogP contribution in [0.2, 0.25) is 0 Å². The predicted octanol–water partition coefficient (Wildman–Crippen LogP) is 5.19. The van der Waals surface area contributed by atoms with Crippen LogP contribution in [0, 0.1) is 10.8 Å². The largest absolute Gasteiger partial charge is 0.490 e. The minimum Gasteiger partial charge on any atom is -0.490 e. The Labute approximate surface area is 267 Å². The summed E-state index contributed by atoms with van der Waals surface area (Å²) in [6.45, 7) is 9.04. The number of halogens is 2. The molecule has 1 heterocycles. The third-order valence-corrected chi connectivity index (χ3v) is 8.47. The SMILES string of the molecule is CCOC(=O)CS(=O)(=O)N(C/C=C/c1cccc(C(=N)N)c1)c1ccc(OC2CCN(C(C)=N)CC2)c(C(C)C)c1.Cl.Cl. The molecule has 0 radical (unpaired) electrons. The van der Waals surface area contributed by atoms with Crippen molar-refractivity contribution in [2.45, 2.75) is 52.6 Å². The highest BCUT2D eigenvalue weighted by molar-refractivity contribution is 7.93. The van der Waals surface area contributed by atoms with Crippen LogP contribution in [0.25, 0.3) is 6.08 Å². The van der Waals surface area contributed by atoms with Gasteiger partial charge in [0, 0.05) is 31.5 Å². The Hall–Kier alpha value is -3.28. The number of nitrogens with zero attached hydrogens (tertiary/aromatic N) is 2. The van der Waals surface area contributed by atoms with E-state index >= 15 is 0 Å². The zero-order valence-corrected chi connectivity index (χ0v) is 27.5. The van der Waals surface area contributed by atoms with Gasteiger partial charge in [-0.3, -0.25) is 19.9 Å². The topological polar surface area (TPSA) is 150 Å². The molecule has 0 saturated carbocycles. The minimum absolute atomic E-state index is 0. The highest BCUT2D eigenvalue weighted by atomic mass is 35.5. The summed E-state index contributed by atoms with van der Waals surface area (Å²) in [6, 6.07) is 12.4. The first kappa shape index (κ1) is 37.7. The zero-order chi connectivity index (χ0) is 30.2. The molecule has 2 aromatic rings. The number of esters is 1. The number of ether oxygens (including phenoxy) is 2. The number of anilines is 1. The van der Waals surface area contributed by atoms with Gasteiger partial charge >= 0.3 is 5.97 Å². The Morgan fingerprint density at radius 2 is 1.81 bits per heavy atom. The lowest BCUT2D eigenvalue weighted by molar-refractivity contribution is -0.139. The van der Waals surface area contributed by atoms with Crippen LogP contribution in [-0.4, -0.2) is 69.1 Å². The van der Waals surface area contributed by atoms with Crippen molar-refractivity contribution in [1.29, 1.82) is 10.8 Å². The number of hydrogen-bond donors (Lipinski definition) is 3. The van der Waals surface area contributed by atoms with Crippen molar-refractivity contribution < 1.29 is 22.7 Å². The molecule has 1 fully saturated rings. The molecule has 0 bridgehead atoms. The first-order valence-corrected chi connectivity index (χ1v) is 15.4. The van der Waals surface area contributed by atoms with Crippen LogP contribution < -0.4 is 14.8 Å². The molecule has 3 rings (SSSR count). The molecule has 43 heavy (non-hydrogen) atoms. The number of sulfonamides is 1. The summed E-state index contributed by atoms with van der Waals surface area (Å²) in [5, 5.41) is 15.5. The van der Waals surface area contributed by atoms with E-state index in [4.69, 9.17) is 26.0 Å². The average molecular weight is 657 g/mol. The van der Waals surface area contributed by atoms with Crippen LogP contribution >= 0.6 is 24.8 Å². The van der Waals surface area contributed by atoms with Gasteiger partial charge in [-0.1, -0.05) is 44.2 Å². The monoisotopic (exact) mass is 655 g/mol. The van der Waals surface area contributed by atoms with E-state index in [9.17, 15) is 13.2 Å². The maximum atomic E-state index is 13.5. The number of carbonyl (C=O) groups excluding carboxylic acids is 1. The minimum atomic E-state index is -4.08. The van der Waals surface area contributed by atoms with E-state index in [0.29, 0.717) is 22.8 Å². The molecule has 1 saturated heterocycles. The molecule has 1 aliphatic rings. The fourth-order valence-electron chi connectivity index (χ4n) is 4.64. The van der Waals surface area contributed by atoms with Crippen molar-refractivity contribution in [3.05, 3.63) is 65.2 Å². The van der Waals surface area contributed by atoms with Gasteiger partial charge in [0.15, 0.2) is 5.75 Å². The van der Waals surface area contributed by atoms with Gasteiger partial charge in [-0.05, 0) is 55.2 Å². The van der Waals surface area contributed by atoms with Crippen molar-refractivity contribution in [1.82, 2.24) is 4.90 Å². The number of hydrogen-bond acceptors (Lipinski definition) is 7. The number of rotatable bonds is 12. The van der Waals surface area contributed by atoms with Crippen molar-refractivity contribution in [3.63, 3.8) is 0 Å². The van der Waals surface area contributed by atoms with Gasteiger partial charge in [-0.25, -0.2) is 8.42 Å². The maximum Gasteiger partial charge on any atom is 0.323 e. The molecule has 0 unspecified atom stereocenters. The van der Waals surface area contributed by atoms with Crippen LogP contribution in [0.5, 0.6) is 5.75 Å². The first-order chi connectivity index (χ1) is 19.4. The zero-order valence-electron chi connectivity index (χ0n) is 25.0. The Kier molecular flexibility index (Phi) is 15.0. The van der Waals surface area contributed by atoms with Crippen molar-refractivity contribution in [2.24, 2.45) is 5.73 Å². The van der Waals surface area contributed by atoms with Gasteiger partial charge in [0.2, 0.25) is 10.0 Å².